The SMILES string of the molecule is O=c1cc(-c2ccccc2)c2ccc(OC/C(=N/O)c3ccccc3)cc2o1. The second-order valence-electron chi connectivity index (χ2n) is 6.20. The van der Waals surface area contributed by atoms with Crippen LogP contribution in [-0.4, -0.2) is 17.5 Å². The van der Waals surface area contributed by atoms with Crippen LogP contribution in [0.4, 0.5) is 0 Å². The van der Waals surface area contributed by atoms with E-state index in [4.69, 9.17) is 9.15 Å². The molecule has 1 heterocycles. The number of benzene rings is 3. The summed E-state index contributed by atoms with van der Waals surface area (Å²) in [7, 11) is 0. The molecule has 5 nitrogen and oxygen atoms in total. The summed E-state index contributed by atoms with van der Waals surface area (Å²) in [5.41, 5.74) is 2.92. The van der Waals surface area contributed by atoms with E-state index >= 15 is 0 Å². The van der Waals surface area contributed by atoms with Crippen LogP contribution in [0.5, 0.6) is 5.75 Å². The maximum atomic E-state index is 12.0. The Hall–Kier alpha value is -3.86. The van der Waals surface area contributed by atoms with Gasteiger partial charge in [-0.15, -0.1) is 0 Å². The predicted octanol–water partition coefficient (Wildman–Crippen LogP) is 4.72. The van der Waals surface area contributed by atoms with Crippen LogP contribution in [-0.2, 0) is 0 Å². The van der Waals surface area contributed by atoms with Crippen molar-refractivity contribution in [3.63, 3.8) is 0 Å². The Labute approximate surface area is 161 Å². The fourth-order valence-corrected chi connectivity index (χ4v) is 3.04. The topological polar surface area (TPSA) is 72.0 Å². The second-order valence-corrected chi connectivity index (χ2v) is 6.20. The summed E-state index contributed by atoms with van der Waals surface area (Å²) in [5.74, 6) is 0.512. The third-order valence-electron chi connectivity index (χ3n) is 4.40. The van der Waals surface area contributed by atoms with Crippen LogP contribution in [0, 0.1) is 0 Å². The van der Waals surface area contributed by atoms with Gasteiger partial charge in [0.25, 0.3) is 0 Å². The second kappa shape index (κ2) is 7.80. The van der Waals surface area contributed by atoms with Crippen molar-refractivity contribution in [1.29, 1.82) is 0 Å². The smallest absolute Gasteiger partial charge is 0.336 e. The lowest BCUT2D eigenvalue weighted by Gasteiger charge is -2.10. The van der Waals surface area contributed by atoms with Gasteiger partial charge in [-0.1, -0.05) is 65.8 Å². The van der Waals surface area contributed by atoms with E-state index in [1.165, 1.54) is 6.07 Å². The fraction of sp³-hybridized carbons (Fsp3) is 0.0435. The zero-order valence-corrected chi connectivity index (χ0v) is 14.9. The summed E-state index contributed by atoms with van der Waals surface area (Å²) in [4.78, 5) is 12.0. The summed E-state index contributed by atoms with van der Waals surface area (Å²) in [6.07, 6.45) is 0. The molecule has 4 aromatic rings. The van der Waals surface area contributed by atoms with Crippen molar-refractivity contribution in [2.75, 3.05) is 6.61 Å². The monoisotopic (exact) mass is 371 g/mol. The highest BCUT2D eigenvalue weighted by atomic mass is 16.5. The molecule has 0 saturated carbocycles. The molecule has 1 N–H and O–H groups in total. The molecule has 1 aromatic heterocycles. The van der Waals surface area contributed by atoms with E-state index in [0.717, 1.165) is 22.1 Å². The predicted molar refractivity (Wildman–Crippen MR) is 108 cm³/mol. The zero-order chi connectivity index (χ0) is 19.3. The Morgan fingerprint density at radius 1 is 0.929 bits per heavy atom. The van der Waals surface area contributed by atoms with Crippen LogP contribution in [0.25, 0.3) is 22.1 Å². The summed E-state index contributed by atoms with van der Waals surface area (Å²) >= 11 is 0. The highest BCUT2D eigenvalue weighted by Crippen LogP contribution is 2.29. The van der Waals surface area contributed by atoms with E-state index in [2.05, 4.69) is 5.16 Å². The van der Waals surface area contributed by atoms with Crippen LogP contribution in [0.1, 0.15) is 5.56 Å². The molecule has 4 rings (SSSR count). The molecule has 0 amide bonds. The quantitative estimate of drug-likeness (QED) is 0.238. The van der Waals surface area contributed by atoms with Gasteiger partial charge >= 0.3 is 5.63 Å². The van der Waals surface area contributed by atoms with Crippen molar-refractivity contribution in [3.8, 4) is 16.9 Å². The molecule has 0 aliphatic rings. The van der Waals surface area contributed by atoms with Gasteiger partial charge in [0.05, 0.1) is 0 Å². The number of rotatable bonds is 5. The Bertz CT molecular complexity index is 1180. The van der Waals surface area contributed by atoms with Crippen molar-refractivity contribution in [2.45, 2.75) is 0 Å². The van der Waals surface area contributed by atoms with Gasteiger partial charge in [0.15, 0.2) is 0 Å². The maximum absolute atomic E-state index is 12.0. The summed E-state index contributed by atoms with van der Waals surface area (Å²) in [5, 5.41) is 13.4. The molecule has 3 aromatic carbocycles. The highest BCUT2D eigenvalue weighted by molar-refractivity contribution is 6.01. The molecule has 0 radical (unpaired) electrons. The van der Waals surface area contributed by atoms with Gasteiger partial charge in [-0.2, -0.15) is 0 Å². The lowest BCUT2D eigenvalue weighted by atomic mass is 10.0. The van der Waals surface area contributed by atoms with Crippen LogP contribution in [0.15, 0.2) is 99.3 Å². The first-order valence-electron chi connectivity index (χ1n) is 8.77. The Morgan fingerprint density at radius 3 is 2.36 bits per heavy atom. The minimum absolute atomic E-state index is 0.0780. The number of oxime groups is 1. The molecule has 0 bridgehead atoms. The van der Waals surface area contributed by atoms with Gasteiger partial charge in [-0.3, -0.25) is 0 Å². The largest absolute Gasteiger partial charge is 0.487 e. The van der Waals surface area contributed by atoms with Crippen molar-refractivity contribution in [2.24, 2.45) is 5.16 Å². The summed E-state index contributed by atoms with van der Waals surface area (Å²) in [6.45, 7) is 0.0780. The van der Waals surface area contributed by atoms with Gasteiger partial charge in [0, 0.05) is 23.1 Å². The normalized spacial score (nSPS) is 11.5. The number of nitrogens with zero attached hydrogens (tertiary/aromatic N) is 1. The molecule has 0 aliphatic heterocycles. The number of hydrogen-bond donors (Lipinski definition) is 1. The van der Waals surface area contributed by atoms with E-state index in [1.54, 1.807) is 12.1 Å². The fourth-order valence-electron chi connectivity index (χ4n) is 3.04. The Balaban J connectivity index is 1.64. The van der Waals surface area contributed by atoms with E-state index in [0.29, 0.717) is 17.0 Å². The van der Waals surface area contributed by atoms with Crippen molar-refractivity contribution >= 4 is 16.7 Å². The van der Waals surface area contributed by atoms with Crippen molar-refractivity contribution < 1.29 is 14.4 Å². The molecule has 0 saturated heterocycles. The van der Waals surface area contributed by atoms with Crippen LogP contribution in [0.2, 0.25) is 0 Å². The molecule has 28 heavy (non-hydrogen) atoms. The highest BCUT2D eigenvalue weighted by Gasteiger charge is 2.10. The zero-order valence-electron chi connectivity index (χ0n) is 14.9. The molecule has 0 aliphatic carbocycles. The third kappa shape index (κ3) is 3.64. The molecular formula is C23H17NO4. The van der Waals surface area contributed by atoms with Crippen molar-refractivity contribution in [3.05, 3.63) is 101 Å². The average Bonchev–Trinajstić information content (AvgIpc) is 2.75. The van der Waals surface area contributed by atoms with Gasteiger partial charge in [0.2, 0.25) is 0 Å². The minimum atomic E-state index is -0.426. The number of fused-ring (bicyclic) bond motifs is 1. The summed E-state index contributed by atoms with van der Waals surface area (Å²) in [6, 6.07) is 25.8. The summed E-state index contributed by atoms with van der Waals surface area (Å²) < 4.78 is 11.1. The lowest BCUT2D eigenvalue weighted by Crippen LogP contribution is -2.13. The first-order valence-corrected chi connectivity index (χ1v) is 8.77. The van der Waals surface area contributed by atoms with Crippen LogP contribution >= 0.6 is 0 Å². The van der Waals surface area contributed by atoms with Crippen LogP contribution in [0.3, 0.4) is 0 Å². The van der Waals surface area contributed by atoms with Crippen LogP contribution < -0.4 is 10.4 Å². The lowest BCUT2D eigenvalue weighted by molar-refractivity contribution is 0.308. The number of hydrogen-bond acceptors (Lipinski definition) is 5. The maximum Gasteiger partial charge on any atom is 0.336 e. The van der Waals surface area contributed by atoms with Gasteiger partial charge < -0.3 is 14.4 Å². The first kappa shape index (κ1) is 17.5. The number of ether oxygens (including phenoxy) is 1. The van der Waals surface area contributed by atoms with E-state index in [9.17, 15) is 10.0 Å². The van der Waals surface area contributed by atoms with Crippen molar-refractivity contribution in [1.82, 2.24) is 0 Å². The standard InChI is InChI=1S/C23H17NO4/c25-23-14-20(16-7-3-1-4-8-16)19-12-11-18(13-22(19)28-23)27-15-21(24-26)17-9-5-2-6-10-17/h1-14,26H,15H2/b24-21-. The van der Waals surface area contributed by atoms with Gasteiger partial charge in [0.1, 0.15) is 23.7 Å². The molecular weight excluding hydrogens is 354 g/mol. The third-order valence-corrected chi connectivity index (χ3v) is 4.40. The molecule has 0 atom stereocenters. The molecule has 5 heteroatoms. The molecule has 138 valence electrons. The molecule has 0 unspecified atom stereocenters. The molecule has 0 spiro atoms. The first-order chi connectivity index (χ1) is 13.7. The van der Waals surface area contributed by atoms with E-state index in [1.807, 2.05) is 66.7 Å². The molecule has 0 fully saturated rings. The Kier molecular flexibility index (Phi) is 4.89. The minimum Gasteiger partial charge on any atom is -0.487 e. The van der Waals surface area contributed by atoms with Gasteiger partial charge in [-0.25, -0.2) is 4.79 Å². The van der Waals surface area contributed by atoms with Gasteiger partial charge in [-0.05, 0) is 23.3 Å². The average molecular weight is 371 g/mol. The van der Waals surface area contributed by atoms with E-state index in [-0.39, 0.29) is 6.61 Å². The van der Waals surface area contributed by atoms with E-state index < -0.39 is 5.63 Å². The Morgan fingerprint density at radius 2 is 1.64 bits per heavy atom.